The molecule has 0 radical (unpaired) electrons. The van der Waals surface area contributed by atoms with Crippen LogP contribution < -0.4 is 5.73 Å². The lowest BCUT2D eigenvalue weighted by Gasteiger charge is -2.07. The summed E-state index contributed by atoms with van der Waals surface area (Å²) in [5.74, 6) is 0.879. The van der Waals surface area contributed by atoms with E-state index in [9.17, 15) is 0 Å². The van der Waals surface area contributed by atoms with E-state index < -0.39 is 0 Å². The normalized spacial score (nSPS) is 10.5. The molecule has 0 amide bonds. The zero-order valence-corrected chi connectivity index (χ0v) is 9.72. The molecule has 3 nitrogen and oxygen atoms in total. The summed E-state index contributed by atoms with van der Waals surface area (Å²) in [5, 5.41) is 8.51. The highest BCUT2D eigenvalue weighted by atomic mass is 32.2. The number of nitrogen functional groups attached to an aromatic ring is 1. The number of nitrogens with two attached hydrogens (primary N) is 1. The van der Waals surface area contributed by atoms with E-state index in [2.05, 4.69) is 6.07 Å². The molecular formula is C11H17NO2S. The summed E-state index contributed by atoms with van der Waals surface area (Å²) < 4.78 is 5.17. The first-order valence-electron chi connectivity index (χ1n) is 4.92. The third-order valence-corrected chi connectivity index (χ3v) is 3.17. The Kier molecular flexibility index (Phi) is 5.53. The fourth-order valence-electron chi connectivity index (χ4n) is 1.16. The van der Waals surface area contributed by atoms with E-state index >= 15 is 0 Å². The fraction of sp³-hybridized carbons (Fsp3) is 0.455. The van der Waals surface area contributed by atoms with E-state index in [0.717, 1.165) is 17.0 Å². The molecule has 4 heteroatoms. The number of aliphatic hydroxyl groups is 1. The van der Waals surface area contributed by atoms with Crippen LogP contribution >= 0.6 is 11.8 Å². The van der Waals surface area contributed by atoms with Crippen molar-refractivity contribution in [2.24, 2.45) is 0 Å². The highest BCUT2D eigenvalue weighted by molar-refractivity contribution is 7.99. The van der Waals surface area contributed by atoms with Gasteiger partial charge in [0.15, 0.2) is 0 Å². The molecule has 84 valence electrons. The van der Waals surface area contributed by atoms with Gasteiger partial charge >= 0.3 is 0 Å². The van der Waals surface area contributed by atoms with Gasteiger partial charge in [-0.25, -0.2) is 0 Å². The topological polar surface area (TPSA) is 55.5 Å². The van der Waals surface area contributed by atoms with Crippen LogP contribution in [-0.4, -0.2) is 30.7 Å². The molecule has 1 aromatic carbocycles. The van der Waals surface area contributed by atoms with E-state index in [1.54, 1.807) is 11.8 Å². The molecule has 0 aliphatic carbocycles. The van der Waals surface area contributed by atoms with Gasteiger partial charge in [-0.3, -0.25) is 0 Å². The molecule has 0 unspecified atom stereocenters. The van der Waals surface area contributed by atoms with Crippen LogP contribution in [-0.2, 0) is 4.74 Å². The molecule has 0 atom stereocenters. The van der Waals surface area contributed by atoms with Crippen LogP contribution in [0.15, 0.2) is 23.1 Å². The first kappa shape index (κ1) is 12.4. The number of hydrogen-bond acceptors (Lipinski definition) is 4. The molecule has 0 aliphatic heterocycles. The van der Waals surface area contributed by atoms with Crippen molar-refractivity contribution < 1.29 is 9.84 Å². The summed E-state index contributed by atoms with van der Waals surface area (Å²) in [6.45, 7) is 3.17. The van der Waals surface area contributed by atoms with Gasteiger partial charge in [-0.2, -0.15) is 0 Å². The van der Waals surface area contributed by atoms with Crippen LogP contribution in [0.2, 0.25) is 0 Å². The lowest BCUT2D eigenvalue weighted by Crippen LogP contribution is -2.02. The lowest BCUT2D eigenvalue weighted by atomic mass is 10.2. The number of thioether (sulfide) groups is 1. The summed E-state index contributed by atoms with van der Waals surface area (Å²) in [7, 11) is 0. The number of aliphatic hydroxyl groups excluding tert-OH is 1. The second-order valence-corrected chi connectivity index (χ2v) is 4.29. The van der Waals surface area contributed by atoms with Gasteiger partial charge in [0, 0.05) is 16.3 Å². The summed E-state index contributed by atoms with van der Waals surface area (Å²) in [5.41, 5.74) is 7.75. The van der Waals surface area contributed by atoms with Gasteiger partial charge in [-0.1, -0.05) is 6.07 Å². The van der Waals surface area contributed by atoms with Crippen molar-refractivity contribution in [3.05, 3.63) is 23.8 Å². The van der Waals surface area contributed by atoms with E-state index in [1.807, 2.05) is 19.1 Å². The molecule has 1 rings (SSSR count). The van der Waals surface area contributed by atoms with Gasteiger partial charge < -0.3 is 15.6 Å². The summed E-state index contributed by atoms with van der Waals surface area (Å²) in [4.78, 5) is 1.20. The van der Waals surface area contributed by atoms with Gasteiger partial charge in [0.05, 0.1) is 19.8 Å². The van der Waals surface area contributed by atoms with Gasteiger partial charge in [0.2, 0.25) is 0 Å². The smallest absolute Gasteiger partial charge is 0.0698 e. The standard InChI is InChI=1S/C11H17NO2S/c1-9-10(12)3-2-4-11(9)15-8-7-14-6-5-13/h2-4,13H,5-8,12H2,1H3. The Balaban J connectivity index is 2.34. The van der Waals surface area contributed by atoms with Crippen LogP contribution in [0.4, 0.5) is 5.69 Å². The SMILES string of the molecule is Cc1c(N)cccc1SCCOCCO. The van der Waals surface area contributed by atoms with Gasteiger partial charge in [-0.05, 0) is 24.6 Å². The minimum atomic E-state index is 0.0853. The van der Waals surface area contributed by atoms with Crippen molar-refractivity contribution in [1.82, 2.24) is 0 Å². The minimum Gasteiger partial charge on any atom is -0.398 e. The summed E-state index contributed by atoms with van der Waals surface area (Å²) >= 11 is 1.73. The molecule has 0 saturated carbocycles. The van der Waals surface area contributed by atoms with Gasteiger partial charge in [0.25, 0.3) is 0 Å². The highest BCUT2D eigenvalue weighted by Crippen LogP contribution is 2.25. The highest BCUT2D eigenvalue weighted by Gasteiger charge is 2.01. The second kappa shape index (κ2) is 6.71. The van der Waals surface area contributed by atoms with Crippen molar-refractivity contribution in [1.29, 1.82) is 0 Å². The molecule has 1 aromatic rings. The number of benzene rings is 1. The molecule has 0 heterocycles. The van der Waals surface area contributed by atoms with Crippen molar-refractivity contribution in [3.8, 4) is 0 Å². The molecule has 0 saturated heterocycles. The Morgan fingerprint density at radius 3 is 2.93 bits per heavy atom. The van der Waals surface area contributed by atoms with E-state index in [0.29, 0.717) is 13.2 Å². The third-order valence-electron chi connectivity index (χ3n) is 2.05. The van der Waals surface area contributed by atoms with Crippen molar-refractivity contribution in [2.45, 2.75) is 11.8 Å². The second-order valence-electron chi connectivity index (χ2n) is 3.15. The number of rotatable bonds is 6. The molecule has 3 N–H and O–H groups in total. The van der Waals surface area contributed by atoms with Crippen LogP contribution in [0.5, 0.6) is 0 Å². The Labute approximate surface area is 94.6 Å². The predicted molar refractivity (Wildman–Crippen MR) is 64.2 cm³/mol. The van der Waals surface area contributed by atoms with Gasteiger partial charge in [0.1, 0.15) is 0 Å². The monoisotopic (exact) mass is 227 g/mol. The first-order chi connectivity index (χ1) is 7.25. The molecule has 0 aliphatic rings. The van der Waals surface area contributed by atoms with Crippen molar-refractivity contribution in [3.63, 3.8) is 0 Å². The molecule has 0 fully saturated rings. The average Bonchev–Trinajstić information content (AvgIpc) is 2.24. The quantitative estimate of drug-likeness (QED) is 0.441. The molecule has 0 aromatic heterocycles. The van der Waals surface area contributed by atoms with E-state index in [1.165, 1.54) is 4.90 Å². The van der Waals surface area contributed by atoms with Gasteiger partial charge in [-0.15, -0.1) is 11.8 Å². The van der Waals surface area contributed by atoms with Crippen LogP contribution in [0.25, 0.3) is 0 Å². The number of hydrogen-bond donors (Lipinski definition) is 2. The maximum absolute atomic E-state index is 8.51. The van der Waals surface area contributed by atoms with Crippen molar-refractivity contribution >= 4 is 17.4 Å². The average molecular weight is 227 g/mol. The lowest BCUT2D eigenvalue weighted by molar-refractivity contribution is 0.103. The number of ether oxygens (including phenoxy) is 1. The molecule has 0 spiro atoms. The van der Waals surface area contributed by atoms with Crippen LogP contribution in [0, 0.1) is 6.92 Å². The zero-order chi connectivity index (χ0) is 11.1. The number of anilines is 1. The maximum atomic E-state index is 8.51. The Bertz CT molecular complexity index is 305. The molecule has 15 heavy (non-hydrogen) atoms. The maximum Gasteiger partial charge on any atom is 0.0698 e. The van der Waals surface area contributed by atoms with E-state index in [-0.39, 0.29) is 6.61 Å². The third kappa shape index (κ3) is 4.11. The Morgan fingerprint density at radius 2 is 2.20 bits per heavy atom. The summed E-state index contributed by atoms with van der Waals surface area (Å²) in [6, 6.07) is 5.92. The van der Waals surface area contributed by atoms with Crippen LogP contribution in [0.3, 0.4) is 0 Å². The van der Waals surface area contributed by atoms with Crippen LogP contribution in [0.1, 0.15) is 5.56 Å². The Morgan fingerprint density at radius 1 is 1.40 bits per heavy atom. The molecular weight excluding hydrogens is 210 g/mol. The Hall–Kier alpha value is -0.710. The van der Waals surface area contributed by atoms with Crippen molar-refractivity contribution in [2.75, 3.05) is 31.3 Å². The largest absolute Gasteiger partial charge is 0.398 e. The first-order valence-corrected chi connectivity index (χ1v) is 5.90. The van der Waals surface area contributed by atoms with E-state index in [4.69, 9.17) is 15.6 Å². The fourth-order valence-corrected chi connectivity index (χ4v) is 2.10. The minimum absolute atomic E-state index is 0.0853. The zero-order valence-electron chi connectivity index (χ0n) is 8.90. The predicted octanol–water partition coefficient (Wildman–Crippen LogP) is 1.68. The summed E-state index contributed by atoms with van der Waals surface area (Å²) in [6.07, 6.45) is 0. The molecule has 0 bridgehead atoms.